The van der Waals surface area contributed by atoms with Crippen molar-refractivity contribution in [3.63, 3.8) is 0 Å². The van der Waals surface area contributed by atoms with Crippen LogP contribution >= 0.6 is 12.4 Å². The van der Waals surface area contributed by atoms with Crippen molar-refractivity contribution in [2.75, 3.05) is 26.7 Å². The lowest BCUT2D eigenvalue weighted by atomic mass is 9.77. The summed E-state index contributed by atoms with van der Waals surface area (Å²) in [5.74, 6) is 0.173. The summed E-state index contributed by atoms with van der Waals surface area (Å²) < 4.78 is 45.8. The van der Waals surface area contributed by atoms with E-state index in [-0.39, 0.29) is 41.6 Å². The Kier molecular flexibility index (Phi) is 7.81. The quantitative estimate of drug-likeness (QED) is 0.618. The second-order valence-electron chi connectivity index (χ2n) is 7.33. The Bertz CT molecular complexity index is 808. The number of halogens is 2. The molecule has 0 radical (unpaired) electrons. The van der Waals surface area contributed by atoms with E-state index in [1.165, 1.54) is 19.1 Å². The van der Waals surface area contributed by atoms with Crippen LogP contribution in [0.3, 0.4) is 0 Å². The largest absolute Gasteiger partial charge is 0.379 e. The molecule has 1 heterocycles. The highest BCUT2D eigenvalue weighted by Crippen LogP contribution is 2.34. The van der Waals surface area contributed by atoms with Gasteiger partial charge in [0, 0.05) is 7.11 Å². The lowest BCUT2D eigenvalue weighted by Gasteiger charge is -2.37. The van der Waals surface area contributed by atoms with Crippen molar-refractivity contribution in [2.24, 2.45) is 11.8 Å². The number of hydrogen-bond donors (Lipinski definition) is 3. The Morgan fingerprint density at radius 2 is 1.96 bits per heavy atom. The van der Waals surface area contributed by atoms with Gasteiger partial charge in [-0.15, -0.1) is 12.4 Å². The van der Waals surface area contributed by atoms with Crippen LogP contribution in [0.15, 0.2) is 23.1 Å². The molecule has 1 aromatic rings. The van der Waals surface area contributed by atoms with Gasteiger partial charge >= 0.3 is 0 Å². The number of rotatable bonds is 6. The number of carbonyl (C=O) groups is 1. The number of benzene rings is 1. The maximum absolute atomic E-state index is 13.3. The first-order valence-corrected chi connectivity index (χ1v) is 10.6. The molecule has 1 saturated heterocycles. The molecule has 10 heteroatoms. The zero-order chi connectivity index (χ0) is 19.6. The van der Waals surface area contributed by atoms with Gasteiger partial charge in [0.25, 0.3) is 0 Å². The highest BCUT2D eigenvalue weighted by atomic mass is 35.5. The first-order chi connectivity index (χ1) is 12.8. The van der Waals surface area contributed by atoms with Crippen LogP contribution < -0.4 is 15.4 Å². The molecule has 2 aliphatic rings. The van der Waals surface area contributed by atoms with E-state index >= 15 is 0 Å². The third-order valence-electron chi connectivity index (χ3n) is 5.53. The Hall–Kier alpha value is -1.26. The van der Waals surface area contributed by atoms with E-state index in [0.29, 0.717) is 11.8 Å². The van der Waals surface area contributed by atoms with Gasteiger partial charge < -0.3 is 15.4 Å². The van der Waals surface area contributed by atoms with Crippen molar-refractivity contribution >= 4 is 28.3 Å². The van der Waals surface area contributed by atoms with Gasteiger partial charge in [-0.1, -0.05) is 0 Å². The first-order valence-electron chi connectivity index (χ1n) is 9.09. The summed E-state index contributed by atoms with van der Waals surface area (Å²) in [6.07, 6.45) is 1.61. The summed E-state index contributed by atoms with van der Waals surface area (Å²) >= 11 is 0. The van der Waals surface area contributed by atoms with Crippen LogP contribution in [0, 0.1) is 24.6 Å². The first kappa shape index (κ1) is 23.0. The molecule has 0 unspecified atom stereocenters. The van der Waals surface area contributed by atoms with E-state index in [2.05, 4.69) is 15.4 Å². The van der Waals surface area contributed by atoms with Crippen LogP contribution in [0.5, 0.6) is 0 Å². The fourth-order valence-electron chi connectivity index (χ4n) is 3.98. The zero-order valence-electron chi connectivity index (χ0n) is 15.9. The van der Waals surface area contributed by atoms with E-state index < -0.39 is 21.7 Å². The van der Waals surface area contributed by atoms with Crippen LogP contribution in [0.1, 0.15) is 18.4 Å². The fourth-order valence-corrected chi connectivity index (χ4v) is 5.04. The topological polar surface area (TPSA) is 96.5 Å². The molecule has 1 amide bonds. The van der Waals surface area contributed by atoms with Gasteiger partial charge in [-0.25, -0.2) is 17.5 Å². The third kappa shape index (κ3) is 5.21. The Balaban J connectivity index is 0.00000280. The molecule has 0 bridgehead atoms. The molecule has 158 valence electrons. The summed E-state index contributed by atoms with van der Waals surface area (Å²) in [6.45, 7) is 3.02. The van der Waals surface area contributed by atoms with Gasteiger partial charge in [0.15, 0.2) is 0 Å². The van der Waals surface area contributed by atoms with E-state index in [1.807, 2.05) is 0 Å². The predicted molar refractivity (Wildman–Crippen MR) is 105 cm³/mol. The fraction of sp³-hybridized carbons (Fsp3) is 0.611. The summed E-state index contributed by atoms with van der Waals surface area (Å²) in [6, 6.07) is 3.38. The van der Waals surface area contributed by atoms with Crippen molar-refractivity contribution < 1.29 is 22.3 Å². The van der Waals surface area contributed by atoms with Crippen LogP contribution in [0.4, 0.5) is 4.39 Å². The number of hydrogen-bond acceptors (Lipinski definition) is 5. The summed E-state index contributed by atoms with van der Waals surface area (Å²) in [5, 5.41) is 6.27. The Labute approximate surface area is 171 Å². The number of amides is 1. The summed E-state index contributed by atoms with van der Waals surface area (Å²) in [7, 11) is -2.26. The molecular weight excluding hydrogens is 409 g/mol. The van der Waals surface area contributed by atoms with E-state index in [1.54, 1.807) is 7.11 Å². The minimum absolute atomic E-state index is 0. The number of sulfonamides is 1. The Morgan fingerprint density at radius 3 is 2.61 bits per heavy atom. The summed E-state index contributed by atoms with van der Waals surface area (Å²) in [4.78, 5) is 12.2. The van der Waals surface area contributed by atoms with Crippen molar-refractivity contribution in [3.8, 4) is 0 Å². The van der Waals surface area contributed by atoms with Gasteiger partial charge in [0.2, 0.25) is 15.9 Å². The van der Waals surface area contributed by atoms with Crippen molar-refractivity contribution in [2.45, 2.75) is 36.8 Å². The minimum atomic E-state index is -3.89. The van der Waals surface area contributed by atoms with Crippen LogP contribution in [0.2, 0.25) is 0 Å². The molecule has 2 fully saturated rings. The van der Waals surface area contributed by atoms with Gasteiger partial charge in [0.05, 0.1) is 23.6 Å². The van der Waals surface area contributed by atoms with Crippen LogP contribution in [-0.4, -0.2) is 53.2 Å². The second kappa shape index (κ2) is 9.49. The maximum atomic E-state index is 13.3. The molecule has 0 aromatic heterocycles. The Morgan fingerprint density at radius 1 is 1.29 bits per heavy atom. The predicted octanol–water partition coefficient (Wildman–Crippen LogP) is 0.963. The third-order valence-corrected chi connectivity index (χ3v) is 6.93. The summed E-state index contributed by atoms with van der Waals surface area (Å²) in [5.41, 5.74) is 0.229. The van der Waals surface area contributed by atoms with E-state index in [4.69, 9.17) is 4.74 Å². The lowest BCUT2D eigenvalue weighted by molar-refractivity contribution is -0.122. The smallest absolute Gasteiger partial charge is 0.241 e. The van der Waals surface area contributed by atoms with Crippen LogP contribution in [-0.2, 0) is 19.6 Å². The molecule has 1 aliphatic heterocycles. The minimum Gasteiger partial charge on any atom is -0.379 e. The number of aryl methyl sites for hydroxylation is 1. The van der Waals surface area contributed by atoms with Gasteiger partial charge in [0.1, 0.15) is 5.82 Å². The van der Waals surface area contributed by atoms with Gasteiger partial charge in [-0.2, -0.15) is 0 Å². The van der Waals surface area contributed by atoms with Crippen molar-refractivity contribution in [3.05, 3.63) is 29.6 Å². The maximum Gasteiger partial charge on any atom is 0.241 e. The molecule has 0 spiro atoms. The highest BCUT2D eigenvalue weighted by molar-refractivity contribution is 7.89. The van der Waals surface area contributed by atoms with Crippen LogP contribution in [0.25, 0.3) is 0 Å². The second-order valence-corrected chi connectivity index (χ2v) is 9.10. The number of carbonyl (C=O) groups excluding carboxylic acids is 1. The van der Waals surface area contributed by atoms with Crippen molar-refractivity contribution in [1.82, 2.24) is 15.4 Å². The van der Waals surface area contributed by atoms with E-state index in [9.17, 15) is 17.6 Å². The molecule has 3 N–H and O–H groups in total. The standard InChI is InChI=1S/C18H26FN3O4S.ClH/c1-11-5-14(3-4-15(11)19)27(24,25)21-10-18(23)22-16-6-12-8-20-9-13(12)7-17(16)26-2;/h3-5,12-13,16-17,20-21H,6-10H2,1-2H3,(H,22,23);1H/t12-,13+,16-,17-;/m0./s1. The average Bonchev–Trinajstić information content (AvgIpc) is 3.09. The lowest BCUT2D eigenvalue weighted by Crippen LogP contribution is -2.52. The molecule has 28 heavy (non-hydrogen) atoms. The number of nitrogens with one attached hydrogen (secondary N) is 3. The molecule has 1 saturated carbocycles. The average molecular weight is 436 g/mol. The number of ether oxygens (including phenoxy) is 1. The molecule has 3 rings (SSSR count). The molecule has 1 aromatic carbocycles. The molecule has 1 aliphatic carbocycles. The normalized spacial score (nSPS) is 27.0. The number of fused-ring (bicyclic) bond motifs is 1. The van der Waals surface area contributed by atoms with Gasteiger partial charge in [-0.05, 0) is 68.5 Å². The molecule has 4 atom stereocenters. The van der Waals surface area contributed by atoms with Crippen molar-refractivity contribution in [1.29, 1.82) is 0 Å². The monoisotopic (exact) mass is 435 g/mol. The SMILES string of the molecule is CO[C@H]1C[C@@H]2CNC[C@@H]2C[C@@H]1NC(=O)CNS(=O)(=O)c1ccc(F)c(C)c1.Cl. The van der Waals surface area contributed by atoms with E-state index in [0.717, 1.165) is 32.0 Å². The number of methoxy groups -OCH3 is 1. The zero-order valence-corrected chi connectivity index (χ0v) is 17.5. The highest BCUT2D eigenvalue weighted by Gasteiger charge is 2.40. The van der Waals surface area contributed by atoms with Gasteiger partial charge in [-0.3, -0.25) is 4.79 Å². The molecule has 7 nitrogen and oxygen atoms in total. The molecular formula is C18H27ClFN3O4S.